The van der Waals surface area contributed by atoms with E-state index in [2.05, 4.69) is 5.32 Å². The van der Waals surface area contributed by atoms with Gasteiger partial charge >= 0.3 is 0 Å². The van der Waals surface area contributed by atoms with Crippen LogP contribution in [-0.2, 0) is 0 Å². The molecule has 0 heterocycles. The molecule has 82 valence electrons. The Labute approximate surface area is 89.5 Å². The standard InChI is InChI=1S/C12H16FNO/c1-12(2,3)8-14-11(15)9-5-4-6-10(13)7-9/h4-7H,8H2,1-3H3,(H,14,15). The molecule has 0 radical (unpaired) electrons. The highest BCUT2D eigenvalue weighted by Gasteiger charge is 2.13. The summed E-state index contributed by atoms with van der Waals surface area (Å²) in [6.45, 7) is 6.65. The van der Waals surface area contributed by atoms with Crippen molar-refractivity contribution in [1.29, 1.82) is 0 Å². The van der Waals surface area contributed by atoms with Crippen molar-refractivity contribution < 1.29 is 9.18 Å². The van der Waals surface area contributed by atoms with Gasteiger partial charge in [-0.2, -0.15) is 0 Å². The van der Waals surface area contributed by atoms with Crippen molar-refractivity contribution in [1.82, 2.24) is 5.32 Å². The summed E-state index contributed by atoms with van der Waals surface area (Å²) < 4.78 is 12.8. The molecule has 0 atom stereocenters. The predicted molar refractivity (Wildman–Crippen MR) is 58.2 cm³/mol. The SMILES string of the molecule is CC(C)(C)CNC(=O)c1cccc(F)c1. The number of carbonyl (C=O) groups is 1. The summed E-state index contributed by atoms with van der Waals surface area (Å²) in [5, 5.41) is 2.76. The Balaban J connectivity index is 2.62. The zero-order valence-corrected chi connectivity index (χ0v) is 9.30. The summed E-state index contributed by atoms with van der Waals surface area (Å²) in [6.07, 6.45) is 0. The molecule has 0 bridgehead atoms. The molecule has 1 N–H and O–H groups in total. The van der Waals surface area contributed by atoms with E-state index in [9.17, 15) is 9.18 Å². The van der Waals surface area contributed by atoms with Crippen molar-refractivity contribution in [3.05, 3.63) is 35.6 Å². The molecule has 1 aromatic rings. The monoisotopic (exact) mass is 209 g/mol. The first-order valence-corrected chi connectivity index (χ1v) is 4.92. The van der Waals surface area contributed by atoms with Crippen LogP contribution in [0.25, 0.3) is 0 Å². The maximum absolute atomic E-state index is 12.8. The Morgan fingerprint density at radius 2 is 2.07 bits per heavy atom. The summed E-state index contributed by atoms with van der Waals surface area (Å²) in [5.41, 5.74) is 0.391. The summed E-state index contributed by atoms with van der Waals surface area (Å²) in [5.74, 6) is -0.622. The van der Waals surface area contributed by atoms with Crippen molar-refractivity contribution in [3.63, 3.8) is 0 Å². The fourth-order valence-corrected chi connectivity index (χ4v) is 1.08. The number of hydrogen-bond donors (Lipinski definition) is 1. The lowest BCUT2D eigenvalue weighted by atomic mass is 9.97. The number of halogens is 1. The van der Waals surface area contributed by atoms with Crippen molar-refractivity contribution in [2.24, 2.45) is 5.41 Å². The highest BCUT2D eigenvalue weighted by Crippen LogP contribution is 2.11. The minimum absolute atomic E-state index is 0.0307. The molecule has 0 aliphatic rings. The Hall–Kier alpha value is -1.38. The fraction of sp³-hybridized carbons (Fsp3) is 0.417. The number of benzene rings is 1. The van der Waals surface area contributed by atoms with Gasteiger partial charge in [-0.15, -0.1) is 0 Å². The topological polar surface area (TPSA) is 29.1 Å². The van der Waals surface area contributed by atoms with Gasteiger partial charge in [0.15, 0.2) is 0 Å². The van der Waals surface area contributed by atoms with Crippen LogP contribution in [0.4, 0.5) is 4.39 Å². The number of carbonyl (C=O) groups excluding carboxylic acids is 1. The molecule has 0 saturated carbocycles. The number of amides is 1. The van der Waals surface area contributed by atoms with Crippen molar-refractivity contribution in [2.75, 3.05) is 6.54 Å². The molecule has 0 saturated heterocycles. The highest BCUT2D eigenvalue weighted by molar-refractivity contribution is 5.94. The van der Waals surface area contributed by atoms with Crippen LogP contribution in [0.1, 0.15) is 31.1 Å². The molecular formula is C12H16FNO. The molecule has 1 amide bonds. The normalized spacial score (nSPS) is 11.2. The van der Waals surface area contributed by atoms with Crippen LogP contribution in [0.15, 0.2) is 24.3 Å². The highest BCUT2D eigenvalue weighted by atomic mass is 19.1. The third-order valence-corrected chi connectivity index (χ3v) is 1.87. The molecule has 0 fully saturated rings. The molecule has 15 heavy (non-hydrogen) atoms. The smallest absolute Gasteiger partial charge is 0.251 e. The van der Waals surface area contributed by atoms with E-state index >= 15 is 0 Å². The molecule has 2 nitrogen and oxygen atoms in total. The Morgan fingerprint density at radius 1 is 1.40 bits per heavy atom. The molecule has 0 aliphatic carbocycles. The van der Waals surface area contributed by atoms with E-state index < -0.39 is 5.82 Å². The molecule has 0 unspecified atom stereocenters. The first kappa shape index (κ1) is 11.7. The second kappa shape index (κ2) is 4.43. The van der Waals surface area contributed by atoms with Crippen molar-refractivity contribution in [3.8, 4) is 0 Å². The van der Waals surface area contributed by atoms with E-state index in [1.807, 2.05) is 20.8 Å². The second-order valence-electron chi connectivity index (χ2n) is 4.75. The first-order chi connectivity index (χ1) is 6.88. The van der Waals surface area contributed by atoms with Gasteiger partial charge in [0.2, 0.25) is 0 Å². The van der Waals surface area contributed by atoms with Crippen LogP contribution in [0.5, 0.6) is 0 Å². The minimum atomic E-state index is -0.390. The van der Waals surface area contributed by atoms with Crippen molar-refractivity contribution in [2.45, 2.75) is 20.8 Å². The quantitative estimate of drug-likeness (QED) is 0.797. The van der Waals surface area contributed by atoms with Crippen LogP contribution in [0.3, 0.4) is 0 Å². The lowest BCUT2D eigenvalue weighted by molar-refractivity contribution is 0.0939. The second-order valence-corrected chi connectivity index (χ2v) is 4.75. The van der Waals surface area contributed by atoms with Gasteiger partial charge in [0.1, 0.15) is 5.82 Å². The Morgan fingerprint density at radius 3 is 2.60 bits per heavy atom. The fourth-order valence-electron chi connectivity index (χ4n) is 1.08. The van der Waals surface area contributed by atoms with Gasteiger partial charge in [-0.05, 0) is 23.6 Å². The lowest BCUT2D eigenvalue weighted by Crippen LogP contribution is -2.32. The van der Waals surface area contributed by atoms with Gasteiger partial charge in [-0.25, -0.2) is 4.39 Å². The van der Waals surface area contributed by atoms with Gasteiger partial charge < -0.3 is 5.32 Å². The van der Waals surface area contributed by atoms with E-state index in [1.54, 1.807) is 6.07 Å². The number of rotatable bonds is 2. The molecule has 0 aliphatic heterocycles. The number of nitrogens with one attached hydrogen (secondary N) is 1. The van der Waals surface area contributed by atoms with Gasteiger partial charge in [-0.1, -0.05) is 26.8 Å². The predicted octanol–water partition coefficient (Wildman–Crippen LogP) is 2.60. The molecule has 1 aromatic carbocycles. The van der Waals surface area contributed by atoms with Crippen LogP contribution in [0.2, 0.25) is 0 Å². The molecular weight excluding hydrogens is 193 g/mol. The molecule has 1 rings (SSSR count). The van der Waals surface area contributed by atoms with E-state index in [1.165, 1.54) is 18.2 Å². The summed E-state index contributed by atoms with van der Waals surface area (Å²) in [7, 11) is 0. The molecule has 3 heteroatoms. The average molecular weight is 209 g/mol. The lowest BCUT2D eigenvalue weighted by Gasteiger charge is -2.18. The van der Waals surface area contributed by atoms with E-state index in [0.717, 1.165) is 0 Å². The van der Waals surface area contributed by atoms with Gasteiger partial charge in [0, 0.05) is 12.1 Å². The van der Waals surface area contributed by atoms with Gasteiger partial charge in [-0.3, -0.25) is 4.79 Å². The van der Waals surface area contributed by atoms with E-state index in [4.69, 9.17) is 0 Å². The van der Waals surface area contributed by atoms with Crippen LogP contribution in [0, 0.1) is 11.2 Å². The molecule has 0 aromatic heterocycles. The third-order valence-electron chi connectivity index (χ3n) is 1.87. The summed E-state index contributed by atoms with van der Waals surface area (Å²) >= 11 is 0. The van der Waals surface area contributed by atoms with Gasteiger partial charge in [0.25, 0.3) is 5.91 Å². The summed E-state index contributed by atoms with van der Waals surface area (Å²) in [4.78, 5) is 11.6. The maximum atomic E-state index is 12.8. The Kier molecular flexibility index (Phi) is 3.45. The average Bonchev–Trinajstić information content (AvgIpc) is 2.13. The minimum Gasteiger partial charge on any atom is -0.352 e. The summed E-state index contributed by atoms with van der Waals surface area (Å²) in [6, 6.07) is 5.68. The molecule has 0 spiro atoms. The largest absolute Gasteiger partial charge is 0.352 e. The van der Waals surface area contributed by atoms with E-state index in [0.29, 0.717) is 12.1 Å². The third kappa shape index (κ3) is 4.11. The van der Waals surface area contributed by atoms with Crippen LogP contribution < -0.4 is 5.32 Å². The first-order valence-electron chi connectivity index (χ1n) is 4.92. The van der Waals surface area contributed by atoms with Gasteiger partial charge in [0.05, 0.1) is 0 Å². The maximum Gasteiger partial charge on any atom is 0.251 e. The van der Waals surface area contributed by atoms with Crippen LogP contribution >= 0.6 is 0 Å². The number of hydrogen-bond acceptors (Lipinski definition) is 1. The zero-order valence-electron chi connectivity index (χ0n) is 9.30. The zero-order chi connectivity index (χ0) is 11.5. The van der Waals surface area contributed by atoms with E-state index in [-0.39, 0.29) is 11.3 Å². The van der Waals surface area contributed by atoms with Crippen LogP contribution in [-0.4, -0.2) is 12.5 Å². The Bertz CT molecular complexity index is 355. The van der Waals surface area contributed by atoms with Crippen molar-refractivity contribution >= 4 is 5.91 Å².